The molecule has 4 rings (SSSR count). The predicted molar refractivity (Wildman–Crippen MR) is 123 cm³/mol. The van der Waals surface area contributed by atoms with Gasteiger partial charge in [-0.05, 0) is 80.8 Å². The van der Waals surface area contributed by atoms with Crippen molar-refractivity contribution in [2.75, 3.05) is 13.1 Å². The third-order valence-electron chi connectivity index (χ3n) is 6.55. The second-order valence-corrected chi connectivity index (χ2v) is 10.8. The predicted octanol–water partition coefficient (Wildman–Crippen LogP) is 2.38. The van der Waals surface area contributed by atoms with Gasteiger partial charge in [0.05, 0.1) is 17.7 Å². The van der Waals surface area contributed by atoms with Gasteiger partial charge in [0, 0.05) is 19.0 Å². The molecule has 2 aliphatic rings. The van der Waals surface area contributed by atoms with Gasteiger partial charge in [-0.2, -0.15) is 4.31 Å². The topological polar surface area (TPSA) is 109 Å². The fourth-order valence-corrected chi connectivity index (χ4v) is 6.04. The molecule has 1 aromatic heterocycles. The zero-order valence-electron chi connectivity index (χ0n) is 18.9. The van der Waals surface area contributed by atoms with Gasteiger partial charge in [-0.3, -0.25) is 9.59 Å². The Balaban J connectivity index is 1.28. The summed E-state index contributed by atoms with van der Waals surface area (Å²) in [5, 5.41) is 5.47. The van der Waals surface area contributed by atoms with E-state index < -0.39 is 16.1 Å². The van der Waals surface area contributed by atoms with Crippen LogP contribution in [0.1, 0.15) is 49.5 Å². The fraction of sp³-hybridized carbons (Fsp3) is 0.500. The number of hydrogen-bond acceptors (Lipinski definition) is 5. The van der Waals surface area contributed by atoms with Crippen molar-refractivity contribution in [3.8, 4) is 0 Å². The van der Waals surface area contributed by atoms with Crippen molar-refractivity contribution in [3.05, 3.63) is 53.5 Å². The first-order chi connectivity index (χ1) is 15.8. The molecule has 1 fully saturated rings. The van der Waals surface area contributed by atoms with Crippen molar-refractivity contribution < 1.29 is 22.4 Å². The number of rotatable bonds is 7. The van der Waals surface area contributed by atoms with Crippen LogP contribution in [0.2, 0.25) is 0 Å². The Kier molecular flexibility index (Phi) is 7.19. The molecular formula is C24H31N3O5S. The lowest BCUT2D eigenvalue weighted by Crippen LogP contribution is -2.49. The maximum Gasteiger partial charge on any atom is 0.243 e. The van der Waals surface area contributed by atoms with E-state index in [0.29, 0.717) is 23.5 Å². The molecule has 0 bridgehead atoms. The summed E-state index contributed by atoms with van der Waals surface area (Å²) in [6.45, 7) is 2.46. The van der Waals surface area contributed by atoms with Crippen molar-refractivity contribution in [2.24, 2.45) is 5.92 Å². The second-order valence-electron chi connectivity index (χ2n) is 8.84. The monoisotopic (exact) mass is 473 g/mol. The summed E-state index contributed by atoms with van der Waals surface area (Å²) < 4.78 is 33.0. The normalized spacial score (nSPS) is 18.3. The van der Waals surface area contributed by atoms with Crippen molar-refractivity contribution in [1.29, 1.82) is 0 Å². The van der Waals surface area contributed by atoms with Crippen LogP contribution < -0.4 is 10.6 Å². The summed E-state index contributed by atoms with van der Waals surface area (Å²) in [6.07, 6.45) is 6.57. The van der Waals surface area contributed by atoms with Gasteiger partial charge in [0.15, 0.2) is 0 Å². The first-order valence-corrected chi connectivity index (χ1v) is 13.0. The zero-order chi connectivity index (χ0) is 23.4. The second kappa shape index (κ2) is 10.1. The Morgan fingerprint density at radius 1 is 1.12 bits per heavy atom. The molecule has 0 spiro atoms. The van der Waals surface area contributed by atoms with Gasteiger partial charge < -0.3 is 15.1 Å². The first-order valence-electron chi connectivity index (χ1n) is 11.6. The molecule has 9 heteroatoms. The van der Waals surface area contributed by atoms with E-state index in [-0.39, 0.29) is 37.4 Å². The number of carbonyl (C=O) groups excluding carboxylic acids is 2. The molecule has 2 N–H and O–H groups in total. The van der Waals surface area contributed by atoms with Crippen LogP contribution in [-0.4, -0.2) is 43.7 Å². The molecule has 0 saturated carbocycles. The van der Waals surface area contributed by atoms with Crippen molar-refractivity contribution in [2.45, 2.75) is 62.9 Å². The molecule has 1 aliphatic heterocycles. The summed E-state index contributed by atoms with van der Waals surface area (Å²) in [4.78, 5) is 25.2. The van der Waals surface area contributed by atoms with Crippen LogP contribution in [0, 0.1) is 5.92 Å². The Hall–Kier alpha value is -2.65. The Morgan fingerprint density at radius 2 is 1.85 bits per heavy atom. The first kappa shape index (κ1) is 23.5. The van der Waals surface area contributed by atoms with Crippen LogP contribution in [0.5, 0.6) is 0 Å². The van der Waals surface area contributed by atoms with Crippen molar-refractivity contribution >= 4 is 21.8 Å². The SMILES string of the molecule is CC(NC(=O)C1CCN(S(=O)(=O)c2ccc3c(c2)CCCC3)CC1)C(=O)NCc1ccco1. The molecule has 1 saturated heterocycles. The molecule has 1 atom stereocenters. The van der Waals surface area contributed by atoms with Crippen LogP contribution in [0.4, 0.5) is 0 Å². The summed E-state index contributed by atoms with van der Waals surface area (Å²) in [5.74, 6) is -0.205. The molecule has 2 amide bonds. The Labute approximate surface area is 194 Å². The van der Waals surface area contributed by atoms with Gasteiger partial charge in [0.25, 0.3) is 0 Å². The van der Waals surface area contributed by atoms with Crippen LogP contribution in [0.25, 0.3) is 0 Å². The minimum atomic E-state index is -3.58. The van der Waals surface area contributed by atoms with Crippen LogP contribution >= 0.6 is 0 Å². The van der Waals surface area contributed by atoms with Gasteiger partial charge in [-0.25, -0.2) is 8.42 Å². The minimum Gasteiger partial charge on any atom is -0.467 e. The molecule has 1 aromatic carbocycles. The number of benzene rings is 1. The Morgan fingerprint density at radius 3 is 2.55 bits per heavy atom. The van der Waals surface area contributed by atoms with Crippen LogP contribution in [-0.2, 0) is 39.0 Å². The molecule has 1 unspecified atom stereocenters. The quantitative estimate of drug-likeness (QED) is 0.642. The smallest absolute Gasteiger partial charge is 0.243 e. The lowest BCUT2D eigenvalue weighted by atomic mass is 9.92. The summed E-state index contributed by atoms with van der Waals surface area (Å²) >= 11 is 0. The lowest BCUT2D eigenvalue weighted by molar-refractivity contribution is -0.131. The van der Waals surface area contributed by atoms with Crippen molar-refractivity contribution in [3.63, 3.8) is 0 Å². The standard InChI is InChI=1S/C24H31N3O5S/c1-17(23(28)25-16-21-7-4-14-32-21)26-24(29)19-10-12-27(13-11-19)33(30,31)22-9-8-18-5-2-3-6-20(18)15-22/h4,7-9,14-15,17,19H,2-3,5-6,10-13,16H2,1H3,(H,25,28)(H,26,29). The lowest BCUT2D eigenvalue weighted by Gasteiger charge is -2.31. The van der Waals surface area contributed by atoms with E-state index in [9.17, 15) is 18.0 Å². The third-order valence-corrected chi connectivity index (χ3v) is 8.45. The summed E-state index contributed by atoms with van der Waals surface area (Å²) in [7, 11) is -3.58. The number of nitrogens with zero attached hydrogens (tertiary/aromatic N) is 1. The van der Waals surface area contributed by atoms with E-state index in [1.807, 2.05) is 12.1 Å². The number of piperidine rings is 1. The fourth-order valence-electron chi connectivity index (χ4n) is 4.51. The van der Waals surface area contributed by atoms with Gasteiger partial charge >= 0.3 is 0 Å². The minimum absolute atomic E-state index is 0.221. The van der Waals surface area contributed by atoms with Crippen LogP contribution in [0.15, 0.2) is 45.9 Å². The van der Waals surface area contributed by atoms with E-state index in [0.717, 1.165) is 31.2 Å². The Bertz CT molecular complexity index is 1090. The molecule has 33 heavy (non-hydrogen) atoms. The summed E-state index contributed by atoms with van der Waals surface area (Å²) in [6, 6.07) is 8.29. The number of nitrogens with one attached hydrogen (secondary N) is 2. The van der Waals surface area contributed by atoms with E-state index >= 15 is 0 Å². The van der Waals surface area contributed by atoms with Gasteiger partial charge in [-0.1, -0.05) is 6.07 Å². The highest BCUT2D eigenvalue weighted by atomic mass is 32.2. The number of aryl methyl sites for hydroxylation is 2. The van der Waals surface area contributed by atoms with E-state index in [4.69, 9.17) is 4.42 Å². The van der Waals surface area contributed by atoms with E-state index in [1.54, 1.807) is 25.1 Å². The molecule has 1 aliphatic carbocycles. The number of fused-ring (bicyclic) bond motifs is 1. The number of furan rings is 1. The van der Waals surface area contributed by atoms with Crippen LogP contribution in [0.3, 0.4) is 0 Å². The molecule has 2 aromatic rings. The van der Waals surface area contributed by atoms with Crippen molar-refractivity contribution in [1.82, 2.24) is 14.9 Å². The number of sulfonamides is 1. The number of hydrogen-bond donors (Lipinski definition) is 2. The highest BCUT2D eigenvalue weighted by Gasteiger charge is 2.33. The van der Waals surface area contributed by atoms with E-state index in [1.165, 1.54) is 16.1 Å². The highest BCUT2D eigenvalue weighted by molar-refractivity contribution is 7.89. The van der Waals surface area contributed by atoms with E-state index in [2.05, 4.69) is 10.6 Å². The highest BCUT2D eigenvalue weighted by Crippen LogP contribution is 2.28. The maximum absolute atomic E-state index is 13.2. The summed E-state index contributed by atoms with van der Waals surface area (Å²) in [5.41, 5.74) is 2.38. The number of amides is 2. The molecule has 8 nitrogen and oxygen atoms in total. The largest absolute Gasteiger partial charge is 0.467 e. The number of carbonyl (C=O) groups is 2. The zero-order valence-corrected chi connectivity index (χ0v) is 19.7. The molecular weight excluding hydrogens is 442 g/mol. The van der Waals surface area contributed by atoms with Gasteiger partial charge in [0.1, 0.15) is 11.8 Å². The molecule has 2 heterocycles. The average Bonchev–Trinajstić information content (AvgIpc) is 3.36. The molecule has 0 radical (unpaired) electrons. The maximum atomic E-state index is 13.2. The van der Waals surface area contributed by atoms with Gasteiger partial charge in [0.2, 0.25) is 21.8 Å². The molecule has 178 valence electrons. The average molecular weight is 474 g/mol. The van der Waals surface area contributed by atoms with Gasteiger partial charge in [-0.15, -0.1) is 0 Å². The third kappa shape index (κ3) is 5.47.